The molecule has 1 fully saturated rings. The van der Waals surface area contributed by atoms with Crippen molar-refractivity contribution in [2.45, 2.75) is 79.6 Å². The van der Waals surface area contributed by atoms with E-state index in [1.807, 2.05) is 20.8 Å². The largest absolute Gasteiger partial charge is 0.567 e. The van der Waals surface area contributed by atoms with Crippen molar-refractivity contribution in [2.75, 3.05) is 13.2 Å². The fourth-order valence-electron chi connectivity index (χ4n) is 2.83. The predicted molar refractivity (Wildman–Crippen MR) is 105 cm³/mol. The molecule has 1 heterocycles. The summed E-state index contributed by atoms with van der Waals surface area (Å²) in [6.45, 7) is 14.3. The number of carbonyl (C=O) groups is 3. The molecule has 1 aliphatic heterocycles. The first kappa shape index (κ1) is 26.5. The van der Waals surface area contributed by atoms with E-state index in [0.29, 0.717) is 5.06 Å². The fraction of sp³-hybridized carbons (Fsp3) is 0.833. The minimum Gasteiger partial charge on any atom is -0.308 e. The third kappa shape index (κ3) is 6.75. The van der Waals surface area contributed by atoms with Crippen LogP contribution in [0.3, 0.4) is 0 Å². The molecule has 0 aromatic carbocycles. The average molecular weight is 452 g/mol. The predicted octanol–water partition coefficient (Wildman–Crippen LogP) is 3.79. The van der Waals surface area contributed by atoms with E-state index in [1.165, 1.54) is 5.06 Å². The van der Waals surface area contributed by atoms with Gasteiger partial charge in [-0.25, -0.2) is 4.89 Å². The van der Waals surface area contributed by atoms with Crippen molar-refractivity contribution in [2.24, 2.45) is 5.41 Å². The van der Waals surface area contributed by atoms with Gasteiger partial charge in [0.05, 0.1) is 13.2 Å². The van der Waals surface area contributed by atoms with Crippen LogP contribution >= 0.6 is 7.60 Å². The smallest absolute Gasteiger partial charge is 0.308 e. The summed E-state index contributed by atoms with van der Waals surface area (Å²) in [5, 5.41) is 1.54. The Bertz CT molecular complexity index is 658. The van der Waals surface area contributed by atoms with Crippen LogP contribution in [0.2, 0.25) is 0 Å². The van der Waals surface area contributed by atoms with Gasteiger partial charge >= 0.3 is 13.8 Å². The van der Waals surface area contributed by atoms with Crippen molar-refractivity contribution < 1.29 is 42.7 Å². The van der Waals surface area contributed by atoms with Crippen LogP contribution in [0.1, 0.15) is 68.2 Å². The maximum absolute atomic E-state index is 13.6. The highest BCUT2D eigenvalue weighted by Gasteiger charge is 2.52. The molecule has 0 radical (unpaired) electrons. The zero-order valence-electron chi connectivity index (χ0n) is 18.9. The lowest BCUT2D eigenvalue weighted by Gasteiger charge is -2.45. The van der Waals surface area contributed by atoms with Gasteiger partial charge in [0, 0.05) is 18.4 Å². The number of carbonyl (C=O) groups excluding carboxylic acids is 3. The first-order valence-electron chi connectivity index (χ1n) is 9.77. The first-order valence-corrected chi connectivity index (χ1v) is 11.4. The number of amides is 2. The second-order valence-corrected chi connectivity index (χ2v) is 10.8. The summed E-state index contributed by atoms with van der Waals surface area (Å²) in [5.41, 5.74) is -1.54. The highest BCUT2D eigenvalue weighted by molar-refractivity contribution is 7.54. The monoisotopic (exact) mass is 452 g/mol. The van der Waals surface area contributed by atoms with Gasteiger partial charge in [0.25, 0.3) is 11.8 Å². The van der Waals surface area contributed by atoms with Gasteiger partial charge in [0.2, 0.25) is 0 Å². The molecule has 0 saturated carbocycles. The third-order valence-corrected chi connectivity index (χ3v) is 6.75. The number of rotatable bonds is 9. The Kier molecular flexibility index (Phi) is 9.01. The lowest BCUT2D eigenvalue weighted by Crippen LogP contribution is -2.53. The number of nitrogens with zero attached hydrogens (tertiary/aromatic N) is 2. The molecule has 0 aliphatic carbocycles. The average Bonchev–Trinajstić information content (AvgIpc) is 2.88. The Morgan fingerprint density at radius 2 is 1.50 bits per heavy atom. The van der Waals surface area contributed by atoms with E-state index in [0.717, 1.165) is 0 Å². The number of imide groups is 1. The molecular formula is C18H33N2O9P. The van der Waals surface area contributed by atoms with Gasteiger partial charge in [0.1, 0.15) is 5.78 Å². The normalized spacial score (nSPS) is 16.9. The topological polar surface area (TPSA) is 121 Å². The molecule has 0 N–H and O–H groups in total. The maximum Gasteiger partial charge on any atom is 0.567 e. The zero-order chi connectivity index (χ0) is 23.3. The van der Waals surface area contributed by atoms with Gasteiger partial charge in [-0.3, -0.25) is 19.0 Å². The van der Waals surface area contributed by atoms with Crippen molar-refractivity contribution in [1.29, 1.82) is 0 Å². The summed E-state index contributed by atoms with van der Waals surface area (Å²) in [7, 11) is -3.76. The van der Waals surface area contributed by atoms with Crippen LogP contribution in [-0.2, 0) is 37.9 Å². The van der Waals surface area contributed by atoms with Crippen LogP contribution in [0, 0.1) is 5.41 Å². The van der Waals surface area contributed by atoms with E-state index < -0.39 is 42.3 Å². The van der Waals surface area contributed by atoms with Gasteiger partial charge in [-0.2, -0.15) is 4.79 Å². The molecule has 1 atom stereocenters. The minimum atomic E-state index is -3.76. The molecule has 1 aliphatic rings. The third-order valence-electron chi connectivity index (χ3n) is 3.93. The SMILES string of the molecule is CCOP(=O)(OCC)C(N(OOC(=O)ON1C(=O)CCC1=O)C(C)(C)C)C(C)(C)C. The Morgan fingerprint density at radius 1 is 1.03 bits per heavy atom. The minimum absolute atomic E-state index is 0.0565. The van der Waals surface area contributed by atoms with E-state index in [-0.39, 0.29) is 26.1 Å². The molecule has 2 amide bonds. The summed E-state index contributed by atoms with van der Waals surface area (Å²) < 4.78 is 24.7. The van der Waals surface area contributed by atoms with Crippen LogP contribution in [0.15, 0.2) is 0 Å². The Labute approximate surface area is 177 Å². The van der Waals surface area contributed by atoms with Crippen molar-refractivity contribution in [1.82, 2.24) is 10.1 Å². The van der Waals surface area contributed by atoms with Gasteiger partial charge < -0.3 is 9.05 Å². The Hall–Kier alpha value is -1.52. The Balaban J connectivity index is 3.12. The van der Waals surface area contributed by atoms with Crippen molar-refractivity contribution in [3.8, 4) is 0 Å². The second-order valence-electron chi connectivity index (χ2n) is 8.69. The standard InChI is InChI=1S/C18H33N2O9P/c1-9-25-30(24,26-10-2)15(17(3,4)5)20(18(6,7)8)29-28-16(23)27-19-13(21)11-12-14(19)22/h15H,9-12H2,1-8H3. The molecule has 1 unspecified atom stereocenters. The van der Waals surface area contributed by atoms with Crippen LogP contribution < -0.4 is 0 Å². The number of hydrogen-bond donors (Lipinski definition) is 0. The Morgan fingerprint density at radius 3 is 1.87 bits per heavy atom. The van der Waals surface area contributed by atoms with E-state index in [9.17, 15) is 18.9 Å². The lowest BCUT2D eigenvalue weighted by molar-refractivity contribution is -0.431. The van der Waals surface area contributed by atoms with Crippen LogP contribution in [0.25, 0.3) is 0 Å². The molecule has 11 nitrogen and oxygen atoms in total. The molecular weight excluding hydrogens is 419 g/mol. The summed E-state index contributed by atoms with van der Waals surface area (Å²) in [6.07, 6.45) is -1.54. The summed E-state index contributed by atoms with van der Waals surface area (Å²) in [5.74, 6) is -2.29. The molecule has 1 rings (SSSR count). The zero-order valence-corrected chi connectivity index (χ0v) is 19.8. The van der Waals surface area contributed by atoms with Crippen LogP contribution in [0.5, 0.6) is 0 Å². The first-order chi connectivity index (χ1) is 13.7. The van der Waals surface area contributed by atoms with Gasteiger partial charge in [-0.05, 0) is 40.0 Å². The molecule has 1 saturated heterocycles. The molecule has 0 aromatic heterocycles. The van der Waals surface area contributed by atoms with Gasteiger partial charge in [0.15, 0.2) is 0 Å². The molecule has 30 heavy (non-hydrogen) atoms. The maximum atomic E-state index is 13.6. The molecule has 174 valence electrons. The highest BCUT2D eigenvalue weighted by atomic mass is 31.2. The van der Waals surface area contributed by atoms with Crippen molar-refractivity contribution >= 4 is 25.6 Å². The molecule has 0 spiro atoms. The molecule has 12 heteroatoms. The number of hydroxylamine groups is 4. The van der Waals surface area contributed by atoms with E-state index >= 15 is 0 Å². The van der Waals surface area contributed by atoms with Gasteiger partial charge in [-0.15, -0.1) is 5.06 Å². The summed E-state index contributed by atoms with van der Waals surface area (Å²) in [4.78, 5) is 49.8. The lowest BCUT2D eigenvalue weighted by atomic mass is 9.94. The summed E-state index contributed by atoms with van der Waals surface area (Å²) in [6, 6.07) is 0. The molecule has 0 bridgehead atoms. The van der Waals surface area contributed by atoms with Gasteiger partial charge in [-0.1, -0.05) is 30.8 Å². The summed E-state index contributed by atoms with van der Waals surface area (Å²) >= 11 is 0. The second kappa shape index (κ2) is 10.2. The van der Waals surface area contributed by atoms with Crippen LogP contribution in [-0.4, -0.2) is 52.6 Å². The van der Waals surface area contributed by atoms with E-state index in [1.54, 1.807) is 34.6 Å². The van der Waals surface area contributed by atoms with Crippen LogP contribution in [0.4, 0.5) is 4.79 Å². The fourth-order valence-corrected chi connectivity index (χ4v) is 5.50. The van der Waals surface area contributed by atoms with E-state index in [2.05, 4.69) is 4.84 Å². The highest BCUT2D eigenvalue weighted by Crippen LogP contribution is 2.60. The quantitative estimate of drug-likeness (QED) is 0.221. The molecule has 0 aromatic rings. The van der Waals surface area contributed by atoms with Crippen molar-refractivity contribution in [3.63, 3.8) is 0 Å². The number of hydrogen-bond acceptors (Lipinski definition) is 10. The van der Waals surface area contributed by atoms with E-state index in [4.69, 9.17) is 18.9 Å². The van der Waals surface area contributed by atoms with Crippen molar-refractivity contribution in [3.05, 3.63) is 0 Å².